The first-order valence-electron chi connectivity index (χ1n) is 8.39. The second-order valence-electron chi connectivity index (χ2n) is 6.03. The van der Waals surface area contributed by atoms with Crippen LogP contribution in [0.5, 0.6) is 0 Å². The first kappa shape index (κ1) is 18.9. The highest BCUT2D eigenvalue weighted by Crippen LogP contribution is 2.25. The third-order valence-electron chi connectivity index (χ3n) is 4.36. The molecule has 1 aromatic carbocycles. The number of rotatable bonds is 6. The molecule has 0 radical (unpaired) electrons. The van der Waals surface area contributed by atoms with Gasteiger partial charge in [-0.1, -0.05) is 12.1 Å². The summed E-state index contributed by atoms with van der Waals surface area (Å²) in [4.78, 5) is 36.8. The molecule has 2 atom stereocenters. The van der Waals surface area contributed by atoms with Crippen LogP contribution in [0.3, 0.4) is 0 Å². The first-order chi connectivity index (χ1) is 11.9. The third-order valence-corrected chi connectivity index (χ3v) is 4.36. The summed E-state index contributed by atoms with van der Waals surface area (Å²) in [6.07, 6.45) is 1.54. The molecular formula is C17H23N3O5. The quantitative estimate of drug-likeness (QED) is 0.480. The largest absolute Gasteiger partial charge is 0.466 e. The summed E-state index contributed by atoms with van der Waals surface area (Å²) < 4.78 is 5.07. The number of carbonyl (C=O) groups excluding carboxylic acids is 2. The molecule has 8 heteroatoms. The van der Waals surface area contributed by atoms with Gasteiger partial charge in [0.2, 0.25) is 5.91 Å². The molecule has 1 aromatic rings. The van der Waals surface area contributed by atoms with E-state index in [1.807, 2.05) is 4.90 Å². The van der Waals surface area contributed by atoms with Crippen molar-refractivity contribution in [1.29, 1.82) is 0 Å². The van der Waals surface area contributed by atoms with E-state index in [0.29, 0.717) is 19.7 Å². The molecule has 25 heavy (non-hydrogen) atoms. The minimum absolute atomic E-state index is 0.147. The van der Waals surface area contributed by atoms with Gasteiger partial charge in [-0.25, -0.2) is 0 Å². The van der Waals surface area contributed by atoms with Gasteiger partial charge in [-0.15, -0.1) is 0 Å². The van der Waals surface area contributed by atoms with Crippen molar-refractivity contribution in [2.75, 3.05) is 25.0 Å². The van der Waals surface area contributed by atoms with E-state index >= 15 is 0 Å². The number of esters is 1. The molecule has 0 saturated carbocycles. The topological polar surface area (TPSA) is 102 Å². The van der Waals surface area contributed by atoms with Crippen molar-refractivity contribution in [2.45, 2.75) is 32.7 Å². The van der Waals surface area contributed by atoms with E-state index in [0.717, 1.165) is 12.8 Å². The predicted octanol–water partition coefficient (Wildman–Crippen LogP) is 2.20. The van der Waals surface area contributed by atoms with Gasteiger partial charge in [-0.2, -0.15) is 0 Å². The molecule has 0 unspecified atom stereocenters. The molecule has 1 aliphatic heterocycles. The maximum absolute atomic E-state index is 12.5. The number of carbonyl (C=O) groups is 2. The number of nitrogens with zero attached hydrogens (tertiary/aromatic N) is 2. The molecule has 0 aromatic heterocycles. The molecule has 1 fully saturated rings. The number of likely N-dealkylation sites (tertiary alicyclic amines) is 1. The number of nitro benzene ring substituents is 1. The minimum atomic E-state index is -0.530. The number of anilines is 1. The van der Waals surface area contributed by atoms with Gasteiger partial charge in [0.25, 0.3) is 5.69 Å². The van der Waals surface area contributed by atoms with E-state index in [4.69, 9.17) is 4.74 Å². The lowest BCUT2D eigenvalue weighted by Gasteiger charge is -2.35. The normalized spacial score (nSPS) is 19.0. The van der Waals surface area contributed by atoms with E-state index in [9.17, 15) is 19.7 Å². The highest BCUT2D eigenvalue weighted by molar-refractivity contribution is 5.96. The lowest BCUT2D eigenvalue weighted by molar-refractivity contribution is -0.383. The molecule has 0 aliphatic carbocycles. The molecule has 1 heterocycles. The monoisotopic (exact) mass is 349 g/mol. The van der Waals surface area contributed by atoms with Gasteiger partial charge in [0, 0.05) is 12.6 Å². The smallest absolute Gasteiger partial charge is 0.310 e. The average Bonchev–Trinajstić information content (AvgIpc) is 2.61. The van der Waals surface area contributed by atoms with Crippen LogP contribution in [0.4, 0.5) is 11.4 Å². The van der Waals surface area contributed by atoms with Gasteiger partial charge in [0.1, 0.15) is 5.69 Å². The zero-order valence-corrected chi connectivity index (χ0v) is 14.4. The van der Waals surface area contributed by atoms with Crippen molar-refractivity contribution in [2.24, 2.45) is 5.92 Å². The SMILES string of the molecule is CCOC(=O)[C@H]1CCCN([C@@H](C)C(=O)Nc2ccccc2[N+](=O)[O-])C1. The summed E-state index contributed by atoms with van der Waals surface area (Å²) in [5, 5.41) is 13.7. The molecule has 8 nitrogen and oxygen atoms in total. The lowest BCUT2D eigenvalue weighted by Crippen LogP contribution is -2.48. The summed E-state index contributed by atoms with van der Waals surface area (Å²) in [5.41, 5.74) is 0.0226. The number of ether oxygens (including phenoxy) is 1. The Labute approximate surface area is 146 Å². The summed E-state index contributed by atoms with van der Waals surface area (Å²) in [7, 11) is 0. The van der Waals surface area contributed by atoms with Crippen molar-refractivity contribution in [3.63, 3.8) is 0 Å². The van der Waals surface area contributed by atoms with Gasteiger partial charge >= 0.3 is 5.97 Å². The Kier molecular flexibility index (Phi) is 6.46. The van der Waals surface area contributed by atoms with Crippen LogP contribution >= 0.6 is 0 Å². The standard InChI is InChI=1S/C17H23N3O5/c1-3-25-17(22)13-7-6-10-19(11-13)12(2)16(21)18-14-8-4-5-9-15(14)20(23)24/h4-5,8-9,12-13H,3,6-7,10-11H2,1-2H3,(H,18,21)/t12-,13-/m0/s1. The number of hydrogen-bond acceptors (Lipinski definition) is 6. The Morgan fingerprint density at radius 1 is 1.44 bits per heavy atom. The highest BCUT2D eigenvalue weighted by Gasteiger charge is 2.32. The number of nitro groups is 1. The van der Waals surface area contributed by atoms with Crippen LogP contribution in [-0.2, 0) is 14.3 Å². The number of amides is 1. The molecule has 2 rings (SSSR count). The Bertz CT molecular complexity index is 649. The molecule has 1 aliphatic rings. The second-order valence-corrected chi connectivity index (χ2v) is 6.03. The fraction of sp³-hybridized carbons (Fsp3) is 0.529. The van der Waals surface area contributed by atoms with E-state index < -0.39 is 11.0 Å². The second kappa shape index (κ2) is 8.57. The Morgan fingerprint density at radius 2 is 2.16 bits per heavy atom. The number of hydrogen-bond donors (Lipinski definition) is 1. The van der Waals surface area contributed by atoms with Crippen LogP contribution in [0.25, 0.3) is 0 Å². The van der Waals surface area contributed by atoms with Crippen LogP contribution in [0.2, 0.25) is 0 Å². The zero-order valence-electron chi connectivity index (χ0n) is 14.4. The number of para-hydroxylation sites is 2. The molecule has 1 saturated heterocycles. The van der Waals surface area contributed by atoms with E-state index in [-0.39, 0.29) is 29.2 Å². The summed E-state index contributed by atoms with van der Waals surface area (Å²) >= 11 is 0. The number of benzene rings is 1. The van der Waals surface area contributed by atoms with Crippen LogP contribution < -0.4 is 5.32 Å². The fourth-order valence-electron chi connectivity index (χ4n) is 2.95. The highest BCUT2D eigenvalue weighted by atomic mass is 16.6. The van der Waals surface area contributed by atoms with Gasteiger partial charge in [-0.3, -0.25) is 24.6 Å². The summed E-state index contributed by atoms with van der Waals surface area (Å²) in [6, 6.07) is 5.52. The molecule has 1 amide bonds. The maximum atomic E-state index is 12.5. The Balaban J connectivity index is 2.02. The van der Waals surface area contributed by atoms with Crippen LogP contribution in [-0.4, -0.2) is 47.4 Å². The van der Waals surface area contributed by atoms with Gasteiger partial charge < -0.3 is 10.1 Å². The van der Waals surface area contributed by atoms with Gasteiger partial charge in [0.05, 0.1) is 23.5 Å². The average molecular weight is 349 g/mol. The first-order valence-corrected chi connectivity index (χ1v) is 8.39. The van der Waals surface area contributed by atoms with E-state index in [1.54, 1.807) is 26.0 Å². The Hall–Kier alpha value is -2.48. The van der Waals surface area contributed by atoms with E-state index in [1.165, 1.54) is 12.1 Å². The number of piperidine rings is 1. The zero-order chi connectivity index (χ0) is 18.4. The van der Waals surface area contributed by atoms with E-state index in [2.05, 4.69) is 5.32 Å². The molecule has 136 valence electrons. The van der Waals surface area contributed by atoms with Gasteiger partial charge in [-0.05, 0) is 39.3 Å². The lowest BCUT2D eigenvalue weighted by atomic mass is 9.97. The van der Waals surface area contributed by atoms with Crippen molar-refractivity contribution in [1.82, 2.24) is 4.90 Å². The predicted molar refractivity (Wildman–Crippen MR) is 92.1 cm³/mol. The van der Waals surface area contributed by atoms with Crippen LogP contribution in [0.15, 0.2) is 24.3 Å². The third kappa shape index (κ3) is 4.76. The maximum Gasteiger partial charge on any atom is 0.310 e. The molecule has 0 spiro atoms. The van der Waals surface area contributed by atoms with Gasteiger partial charge in [0.15, 0.2) is 0 Å². The molecular weight excluding hydrogens is 326 g/mol. The Morgan fingerprint density at radius 3 is 2.84 bits per heavy atom. The van der Waals surface area contributed by atoms with Crippen molar-refractivity contribution < 1.29 is 19.2 Å². The number of nitrogens with one attached hydrogen (secondary N) is 1. The van der Waals surface area contributed by atoms with Crippen molar-refractivity contribution in [3.05, 3.63) is 34.4 Å². The summed E-state index contributed by atoms with van der Waals surface area (Å²) in [6.45, 7) is 4.98. The fourth-order valence-corrected chi connectivity index (χ4v) is 2.95. The molecule has 1 N–H and O–H groups in total. The van der Waals surface area contributed by atoms with Crippen molar-refractivity contribution in [3.8, 4) is 0 Å². The van der Waals surface area contributed by atoms with Crippen molar-refractivity contribution >= 4 is 23.3 Å². The van der Waals surface area contributed by atoms with Crippen LogP contribution in [0, 0.1) is 16.0 Å². The minimum Gasteiger partial charge on any atom is -0.466 e. The summed E-state index contributed by atoms with van der Waals surface area (Å²) in [5.74, 6) is -0.813. The van der Waals surface area contributed by atoms with Crippen LogP contribution in [0.1, 0.15) is 26.7 Å². The molecule has 0 bridgehead atoms.